The summed E-state index contributed by atoms with van der Waals surface area (Å²) in [5.41, 5.74) is 4.32. The normalized spacial score (nSPS) is 14.5. The summed E-state index contributed by atoms with van der Waals surface area (Å²) in [5, 5.41) is 8.56. The van der Waals surface area contributed by atoms with Gasteiger partial charge in [-0.3, -0.25) is 4.98 Å². The topological polar surface area (TPSA) is 38.7 Å². The van der Waals surface area contributed by atoms with Gasteiger partial charge in [0.05, 0.1) is 11.4 Å². The van der Waals surface area contributed by atoms with Crippen LogP contribution in [0.5, 0.6) is 0 Å². The smallest absolute Gasteiger partial charge is 0.112 e. The van der Waals surface area contributed by atoms with Crippen molar-refractivity contribution in [3.8, 4) is 11.4 Å². The summed E-state index contributed by atoms with van der Waals surface area (Å²) < 4.78 is 0. The number of fused-ring (bicyclic) bond motifs is 1. The van der Waals surface area contributed by atoms with Gasteiger partial charge in [0.2, 0.25) is 0 Å². The van der Waals surface area contributed by atoms with Crippen molar-refractivity contribution in [3.63, 3.8) is 0 Å². The Balaban J connectivity index is 2.03. The Kier molecular flexibility index (Phi) is 2.37. The van der Waals surface area contributed by atoms with Gasteiger partial charge < -0.3 is 0 Å². The molecule has 0 bridgehead atoms. The molecule has 2 heterocycles. The molecule has 0 fully saturated rings. The standard InChI is InChI=1S/C13H13N3/c1-2-6-11-10(5-1)9-13(16-15-11)12-7-3-4-8-14-12/h3-4,7-9H,1-2,5-6H2. The second kappa shape index (κ2) is 4.00. The third kappa shape index (κ3) is 1.69. The Morgan fingerprint density at radius 3 is 2.75 bits per heavy atom. The maximum atomic E-state index is 4.31. The van der Waals surface area contributed by atoms with Crippen molar-refractivity contribution >= 4 is 0 Å². The lowest BCUT2D eigenvalue weighted by molar-refractivity contribution is 0.655. The van der Waals surface area contributed by atoms with Crippen molar-refractivity contribution < 1.29 is 0 Å². The zero-order valence-electron chi connectivity index (χ0n) is 9.06. The molecule has 0 atom stereocenters. The van der Waals surface area contributed by atoms with Gasteiger partial charge in [-0.05, 0) is 49.4 Å². The van der Waals surface area contributed by atoms with Crippen LogP contribution in [-0.2, 0) is 12.8 Å². The first-order chi connectivity index (χ1) is 7.93. The van der Waals surface area contributed by atoms with Crippen LogP contribution in [0.3, 0.4) is 0 Å². The Hall–Kier alpha value is -1.77. The Morgan fingerprint density at radius 2 is 1.88 bits per heavy atom. The fourth-order valence-corrected chi connectivity index (χ4v) is 2.13. The molecule has 0 unspecified atom stereocenters. The minimum atomic E-state index is 0.890. The van der Waals surface area contributed by atoms with Crippen LogP contribution in [0.4, 0.5) is 0 Å². The van der Waals surface area contributed by atoms with Gasteiger partial charge in [0.25, 0.3) is 0 Å². The van der Waals surface area contributed by atoms with Gasteiger partial charge in [-0.2, -0.15) is 5.10 Å². The highest BCUT2D eigenvalue weighted by atomic mass is 15.1. The first-order valence-corrected chi connectivity index (χ1v) is 5.70. The van der Waals surface area contributed by atoms with Crippen LogP contribution >= 0.6 is 0 Å². The van der Waals surface area contributed by atoms with Gasteiger partial charge in [-0.25, -0.2) is 0 Å². The van der Waals surface area contributed by atoms with Crippen molar-refractivity contribution in [2.24, 2.45) is 0 Å². The van der Waals surface area contributed by atoms with Crippen LogP contribution in [0.15, 0.2) is 30.5 Å². The first kappa shape index (κ1) is 9.46. The molecule has 3 heteroatoms. The summed E-state index contributed by atoms with van der Waals surface area (Å²) >= 11 is 0. The maximum Gasteiger partial charge on any atom is 0.112 e. The van der Waals surface area contributed by atoms with Gasteiger partial charge in [0.15, 0.2) is 0 Å². The average molecular weight is 211 g/mol. The van der Waals surface area contributed by atoms with E-state index in [2.05, 4.69) is 21.2 Å². The molecule has 0 amide bonds. The van der Waals surface area contributed by atoms with E-state index in [1.165, 1.54) is 24.1 Å². The Bertz CT molecular complexity index is 494. The number of hydrogen-bond donors (Lipinski definition) is 0. The Morgan fingerprint density at radius 1 is 0.938 bits per heavy atom. The van der Waals surface area contributed by atoms with E-state index in [-0.39, 0.29) is 0 Å². The molecular weight excluding hydrogens is 198 g/mol. The quantitative estimate of drug-likeness (QED) is 0.727. The fourth-order valence-electron chi connectivity index (χ4n) is 2.13. The third-order valence-corrected chi connectivity index (χ3v) is 3.00. The summed E-state index contributed by atoms with van der Waals surface area (Å²) in [4.78, 5) is 4.30. The van der Waals surface area contributed by atoms with Gasteiger partial charge in [-0.15, -0.1) is 5.10 Å². The average Bonchev–Trinajstić information content (AvgIpc) is 2.39. The number of rotatable bonds is 1. The molecule has 80 valence electrons. The van der Waals surface area contributed by atoms with E-state index in [4.69, 9.17) is 0 Å². The maximum absolute atomic E-state index is 4.31. The number of pyridine rings is 1. The fraction of sp³-hybridized carbons (Fsp3) is 0.308. The lowest BCUT2D eigenvalue weighted by Gasteiger charge is -2.13. The van der Waals surface area contributed by atoms with Gasteiger partial charge >= 0.3 is 0 Å². The van der Waals surface area contributed by atoms with Crippen molar-refractivity contribution in [2.45, 2.75) is 25.7 Å². The molecular formula is C13H13N3. The highest BCUT2D eigenvalue weighted by molar-refractivity contribution is 5.54. The summed E-state index contributed by atoms with van der Waals surface area (Å²) in [7, 11) is 0. The Labute approximate surface area is 94.6 Å². The van der Waals surface area contributed by atoms with E-state index in [1.807, 2.05) is 18.2 Å². The van der Waals surface area contributed by atoms with E-state index < -0.39 is 0 Å². The molecule has 0 saturated heterocycles. The highest BCUT2D eigenvalue weighted by Gasteiger charge is 2.12. The molecule has 1 aliphatic rings. The molecule has 3 rings (SSSR count). The summed E-state index contributed by atoms with van der Waals surface area (Å²) in [6, 6.07) is 8.00. The van der Waals surface area contributed by atoms with Gasteiger partial charge in [0, 0.05) is 6.20 Å². The van der Waals surface area contributed by atoms with Crippen LogP contribution in [0.25, 0.3) is 11.4 Å². The molecule has 2 aromatic rings. The van der Waals surface area contributed by atoms with Crippen LogP contribution in [0, 0.1) is 0 Å². The van der Waals surface area contributed by atoms with E-state index in [0.29, 0.717) is 0 Å². The van der Waals surface area contributed by atoms with E-state index in [1.54, 1.807) is 6.20 Å². The van der Waals surface area contributed by atoms with Crippen molar-refractivity contribution in [3.05, 3.63) is 41.7 Å². The molecule has 1 aliphatic carbocycles. The predicted octanol–water partition coefficient (Wildman–Crippen LogP) is 2.42. The predicted molar refractivity (Wildman–Crippen MR) is 61.9 cm³/mol. The summed E-state index contributed by atoms with van der Waals surface area (Å²) in [5.74, 6) is 0. The minimum absolute atomic E-state index is 0.890. The van der Waals surface area contributed by atoms with Crippen molar-refractivity contribution in [1.29, 1.82) is 0 Å². The lowest BCUT2D eigenvalue weighted by Crippen LogP contribution is -2.07. The lowest BCUT2D eigenvalue weighted by atomic mass is 9.96. The SMILES string of the molecule is c1ccc(-c2cc3c(nn2)CCCC3)nc1. The molecule has 0 saturated carbocycles. The van der Waals surface area contributed by atoms with Gasteiger partial charge in [0.1, 0.15) is 5.69 Å². The van der Waals surface area contributed by atoms with Crippen LogP contribution in [-0.4, -0.2) is 15.2 Å². The monoisotopic (exact) mass is 211 g/mol. The van der Waals surface area contributed by atoms with E-state index >= 15 is 0 Å². The number of aryl methyl sites for hydroxylation is 2. The van der Waals surface area contributed by atoms with E-state index in [9.17, 15) is 0 Å². The molecule has 0 aliphatic heterocycles. The number of aromatic nitrogens is 3. The van der Waals surface area contributed by atoms with Crippen LogP contribution in [0.2, 0.25) is 0 Å². The second-order valence-corrected chi connectivity index (χ2v) is 4.12. The molecule has 0 spiro atoms. The van der Waals surface area contributed by atoms with E-state index in [0.717, 1.165) is 24.2 Å². The minimum Gasteiger partial charge on any atom is -0.255 e. The molecule has 0 aromatic carbocycles. The summed E-state index contributed by atoms with van der Waals surface area (Å²) in [6.45, 7) is 0. The largest absolute Gasteiger partial charge is 0.255 e. The number of nitrogens with zero attached hydrogens (tertiary/aromatic N) is 3. The first-order valence-electron chi connectivity index (χ1n) is 5.70. The zero-order valence-corrected chi connectivity index (χ0v) is 9.06. The second-order valence-electron chi connectivity index (χ2n) is 4.12. The third-order valence-electron chi connectivity index (χ3n) is 3.00. The molecule has 2 aromatic heterocycles. The van der Waals surface area contributed by atoms with Crippen LogP contribution < -0.4 is 0 Å². The molecule has 16 heavy (non-hydrogen) atoms. The number of hydrogen-bond acceptors (Lipinski definition) is 3. The van der Waals surface area contributed by atoms with Crippen molar-refractivity contribution in [1.82, 2.24) is 15.2 Å². The molecule has 0 radical (unpaired) electrons. The van der Waals surface area contributed by atoms with Gasteiger partial charge in [-0.1, -0.05) is 6.07 Å². The van der Waals surface area contributed by atoms with Crippen molar-refractivity contribution in [2.75, 3.05) is 0 Å². The zero-order chi connectivity index (χ0) is 10.8. The molecule has 0 N–H and O–H groups in total. The summed E-state index contributed by atoms with van der Waals surface area (Å²) in [6.07, 6.45) is 6.50. The highest BCUT2D eigenvalue weighted by Crippen LogP contribution is 2.22. The molecule has 3 nitrogen and oxygen atoms in total. The van der Waals surface area contributed by atoms with Crippen LogP contribution in [0.1, 0.15) is 24.1 Å².